The van der Waals surface area contributed by atoms with Gasteiger partial charge in [0, 0.05) is 19.3 Å². The smallest absolute Gasteiger partial charge is 0.306 e. The first-order valence-electron chi connectivity index (χ1n) is 21.9. The van der Waals surface area contributed by atoms with Gasteiger partial charge in [-0.25, -0.2) is 0 Å². The van der Waals surface area contributed by atoms with Crippen LogP contribution in [0.4, 0.5) is 0 Å². The molecule has 0 spiro atoms. The molecule has 0 aromatic heterocycles. The van der Waals surface area contributed by atoms with Gasteiger partial charge in [0.25, 0.3) is 0 Å². The molecule has 1 atom stereocenters. The number of hydrogen-bond donors (Lipinski definition) is 0. The van der Waals surface area contributed by atoms with Crippen LogP contribution in [0, 0.1) is 5.92 Å². The van der Waals surface area contributed by atoms with Crippen molar-refractivity contribution in [1.29, 1.82) is 0 Å². The van der Waals surface area contributed by atoms with Gasteiger partial charge in [0.15, 0.2) is 6.10 Å². The lowest BCUT2D eigenvalue weighted by Gasteiger charge is -2.18. The molecule has 0 aromatic rings. The van der Waals surface area contributed by atoms with E-state index in [1.807, 2.05) is 0 Å². The topological polar surface area (TPSA) is 78.9 Å². The van der Waals surface area contributed by atoms with Crippen molar-refractivity contribution >= 4 is 17.9 Å². The number of hydrogen-bond acceptors (Lipinski definition) is 6. The van der Waals surface area contributed by atoms with E-state index < -0.39 is 6.10 Å². The van der Waals surface area contributed by atoms with E-state index in [9.17, 15) is 14.4 Å². The monoisotopic (exact) mass is 709 g/mol. The number of rotatable bonds is 39. The number of esters is 3. The summed E-state index contributed by atoms with van der Waals surface area (Å²) in [5.74, 6) is -0.0787. The van der Waals surface area contributed by atoms with Crippen molar-refractivity contribution in [3.8, 4) is 0 Å². The Morgan fingerprint density at radius 1 is 0.380 bits per heavy atom. The molecule has 0 radical (unpaired) electrons. The Balaban J connectivity index is 4.34. The third-order valence-corrected chi connectivity index (χ3v) is 9.79. The highest BCUT2D eigenvalue weighted by atomic mass is 16.6. The maximum Gasteiger partial charge on any atom is 0.306 e. The van der Waals surface area contributed by atoms with Gasteiger partial charge in [-0.05, 0) is 25.2 Å². The Kier molecular flexibility index (Phi) is 37.4. The molecule has 0 aliphatic heterocycles. The predicted molar refractivity (Wildman–Crippen MR) is 210 cm³/mol. The molecular formula is C44H84O6. The second kappa shape index (κ2) is 38.6. The minimum absolute atomic E-state index is 0.0645. The lowest BCUT2D eigenvalue weighted by Crippen LogP contribution is -2.30. The molecule has 0 aliphatic rings. The Labute approximate surface area is 310 Å². The molecule has 6 heteroatoms. The second-order valence-electron chi connectivity index (χ2n) is 15.5. The van der Waals surface area contributed by atoms with E-state index in [0.717, 1.165) is 63.7 Å². The minimum atomic E-state index is -0.758. The summed E-state index contributed by atoms with van der Waals surface area (Å²) in [7, 11) is 0. The van der Waals surface area contributed by atoms with Gasteiger partial charge in [-0.15, -0.1) is 0 Å². The Hall–Kier alpha value is -1.59. The molecule has 0 saturated heterocycles. The number of ether oxygens (including phenoxy) is 3. The predicted octanol–water partition coefficient (Wildman–Crippen LogP) is 13.6. The molecule has 0 unspecified atom stereocenters. The first-order chi connectivity index (χ1) is 24.4. The van der Waals surface area contributed by atoms with E-state index in [4.69, 9.17) is 14.2 Å². The van der Waals surface area contributed by atoms with Gasteiger partial charge in [-0.1, -0.05) is 201 Å². The third-order valence-electron chi connectivity index (χ3n) is 9.79. The van der Waals surface area contributed by atoms with Gasteiger partial charge in [0.1, 0.15) is 13.2 Å². The SMILES string of the molecule is CCCCCCCCCCCCCC(=O)OC[C@@H](COC(=O)CCCCCCCCCC(C)C)OC(=O)CCCCCCCCCCCCC. The molecule has 0 bridgehead atoms. The molecule has 0 amide bonds. The van der Waals surface area contributed by atoms with Crippen molar-refractivity contribution in [2.45, 2.75) is 246 Å². The number of carbonyl (C=O) groups is 3. The molecule has 296 valence electrons. The van der Waals surface area contributed by atoms with Gasteiger partial charge in [-0.3, -0.25) is 14.4 Å². The summed E-state index contributed by atoms with van der Waals surface area (Å²) in [6.07, 6.45) is 36.6. The Bertz CT molecular complexity index is 751. The normalized spacial score (nSPS) is 11.9. The first kappa shape index (κ1) is 48.4. The van der Waals surface area contributed by atoms with Gasteiger partial charge < -0.3 is 14.2 Å². The highest BCUT2D eigenvalue weighted by molar-refractivity contribution is 5.71. The third kappa shape index (κ3) is 37.7. The molecule has 0 N–H and O–H groups in total. The second-order valence-corrected chi connectivity index (χ2v) is 15.5. The fourth-order valence-electron chi connectivity index (χ4n) is 6.45. The standard InChI is InChI=1S/C44H84O6/c1-5-7-9-11-13-15-17-19-23-27-31-35-42(45)48-38-41(39-49-43(46)36-32-28-25-21-22-26-30-34-40(3)4)50-44(47)37-33-29-24-20-18-16-14-12-10-8-6-2/h40-41H,5-39H2,1-4H3/t41-/m0/s1. The van der Waals surface area contributed by atoms with Gasteiger partial charge in [0.2, 0.25) is 0 Å². The van der Waals surface area contributed by atoms with Gasteiger partial charge in [-0.2, -0.15) is 0 Å². The molecule has 0 heterocycles. The van der Waals surface area contributed by atoms with Crippen LogP contribution in [0.1, 0.15) is 240 Å². The first-order valence-corrected chi connectivity index (χ1v) is 21.9. The zero-order valence-electron chi connectivity index (χ0n) is 33.9. The molecule has 50 heavy (non-hydrogen) atoms. The van der Waals surface area contributed by atoms with Crippen LogP contribution in [0.2, 0.25) is 0 Å². The Morgan fingerprint density at radius 2 is 0.660 bits per heavy atom. The van der Waals surface area contributed by atoms with Crippen LogP contribution in [-0.2, 0) is 28.6 Å². The lowest BCUT2D eigenvalue weighted by molar-refractivity contribution is -0.167. The largest absolute Gasteiger partial charge is 0.462 e. The number of unbranched alkanes of at least 4 members (excludes halogenated alkanes) is 26. The molecule has 0 rings (SSSR count). The maximum atomic E-state index is 12.7. The van der Waals surface area contributed by atoms with Crippen LogP contribution in [0.5, 0.6) is 0 Å². The van der Waals surface area contributed by atoms with Crippen LogP contribution in [-0.4, -0.2) is 37.2 Å². The molecule has 0 aliphatic carbocycles. The highest BCUT2D eigenvalue weighted by Gasteiger charge is 2.19. The highest BCUT2D eigenvalue weighted by Crippen LogP contribution is 2.15. The van der Waals surface area contributed by atoms with E-state index in [1.165, 1.54) is 135 Å². The summed E-state index contributed by atoms with van der Waals surface area (Å²) in [5.41, 5.74) is 0. The quantitative estimate of drug-likeness (QED) is 0.0359. The number of carbonyl (C=O) groups excluding carboxylic acids is 3. The van der Waals surface area contributed by atoms with E-state index >= 15 is 0 Å². The minimum Gasteiger partial charge on any atom is -0.462 e. The van der Waals surface area contributed by atoms with Crippen molar-refractivity contribution in [3.63, 3.8) is 0 Å². The summed E-state index contributed by atoms with van der Waals surface area (Å²) in [6.45, 7) is 8.92. The van der Waals surface area contributed by atoms with Crippen LogP contribution in [0.3, 0.4) is 0 Å². The zero-order valence-corrected chi connectivity index (χ0v) is 33.9. The molecule has 0 aromatic carbocycles. The summed E-state index contributed by atoms with van der Waals surface area (Å²) in [6, 6.07) is 0. The van der Waals surface area contributed by atoms with Crippen LogP contribution < -0.4 is 0 Å². The van der Waals surface area contributed by atoms with E-state index in [0.29, 0.717) is 19.3 Å². The lowest BCUT2D eigenvalue weighted by atomic mass is 10.0. The van der Waals surface area contributed by atoms with Crippen LogP contribution in [0.25, 0.3) is 0 Å². The average molecular weight is 709 g/mol. The molecule has 6 nitrogen and oxygen atoms in total. The summed E-state index contributed by atoms with van der Waals surface area (Å²) in [4.78, 5) is 37.6. The van der Waals surface area contributed by atoms with Crippen molar-refractivity contribution in [1.82, 2.24) is 0 Å². The summed E-state index contributed by atoms with van der Waals surface area (Å²) >= 11 is 0. The molecule has 0 fully saturated rings. The summed E-state index contributed by atoms with van der Waals surface area (Å²) in [5, 5.41) is 0. The fourth-order valence-corrected chi connectivity index (χ4v) is 6.45. The van der Waals surface area contributed by atoms with Crippen LogP contribution in [0.15, 0.2) is 0 Å². The molecule has 0 saturated carbocycles. The van der Waals surface area contributed by atoms with Crippen LogP contribution >= 0.6 is 0 Å². The van der Waals surface area contributed by atoms with Gasteiger partial charge in [0.05, 0.1) is 0 Å². The Morgan fingerprint density at radius 3 is 0.980 bits per heavy atom. The van der Waals surface area contributed by atoms with E-state index in [2.05, 4.69) is 27.7 Å². The summed E-state index contributed by atoms with van der Waals surface area (Å²) < 4.78 is 16.7. The van der Waals surface area contributed by atoms with E-state index in [1.54, 1.807) is 0 Å². The maximum absolute atomic E-state index is 12.7. The molecular weight excluding hydrogens is 624 g/mol. The van der Waals surface area contributed by atoms with Crippen molar-refractivity contribution in [2.75, 3.05) is 13.2 Å². The fraction of sp³-hybridized carbons (Fsp3) is 0.932. The van der Waals surface area contributed by atoms with E-state index in [-0.39, 0.29) is 31.1 Å². The van der Waals surface area contributed by atoms with Crippen molar-refractivity contribution < 1.29 is 28.6 Å². The zero-order chi connectivity index (χ0) is 36.8. The van der Waals surface area contributed by atoms with Crippen molar-refractivity contribution in [2.24, 2.45) is 5.92 Å². The van der Waals surface area contributed by atoms with Crippen molar-refractivity contribution in [3.05, 3.63) is 0 Å². The average Bonchev–Trinajstić information content (AvgIpc) is 3.09. The van der Waals surface area contributed by atoms with Gasteiger partial charge >= 0.3 is 17.9 Å².